The smallest absolute Gasteiger partial charge is 0.0480 e. The average molecular weight is 256 g/mol. The maximum absolute atomic E-state index is 3.58. The Hall–Kier alpha value is -1.28. The molecule has 19 heavy (non-hydrogen) atoms. The minimum Gasteiger partial charge on any atom is -0.347 e. The Labute approximate surface area is 115 Å². The molecule has 0 amide bonds. The van der Waals surface area contributed by atoms with E-state index in [0.717, 1.165) is 19.1 Å². The van der Waals surface area contributed by atoms with E-state index in [2.05, 4.69) is 47.3 Å². The molecule has 0 atom stereocenters. The standard InChI is InChI=1S/C17H24N2/c1-2-3-4-10-19-11-9-15-12-14(5-8-17(15)19)13-18-16-6-7-16/h5,8-9,11-12,16,18H,2-4,6-7,10,13H2,1H3. The zero-order valence-corrected chi connectivity index (χ0v) is 11.9. The van der Waals surface area contributed by atoms with E-state index in [1.807, 2.05) is 0 Å². The molecule has 1 saturated carbocycles. The molecule has 1 aromatic heterocycles. The van der Waals surface area contributed by atoms with Crippen molar-refractivity contribution in [3.8, 4) is 0 Å². The van der Waals surface area contributed by atoms with Gasteiger partial charge in [0.1, 0.15) is 0 Å². The average Bonchev–Trinajstić information content (AvgIpc) is 3.18. The molecule has 102 valence electrons. The Bertz CT molecular complexity index is 537. The number of aromatic nitrogens is 1. The predicted molar refractivity (Wildman–Crippen MR) is 81.3 cm³/mol. The molecule has 1 N–H and O–H groups in total. The third-order valence-corrected chi connectivity index (χ3v) is 4.01. The Morgan fingerprint density at radius 2 is 2.11 bits per heavy atom. The first-order chi connectivity index (χ1) is 9.36. The maximum Gasteiger partial charge on any atom is 0.0480 e. The molecule has 0 unspecified atom stereocenters. The molecule has 1 fully saturated rings. The quantitative estimate of drug-likeness (QED) is 0.738. The number of nitrogens with one attached hydrogen (secondary N) is 1. The second-order valence-electron chi connectivity index (χ2n) is 5.76. The molecule has 0 radical (unpaired) electrons. The van der Waals surface area contributed by atoms with Crippen molar-refractivity contribution in [3.05, 3.63) is 36.0 Å². The van der Waals surface area contributed by atoms with E-state index in [9.17, 15) is 0 Å². The van der Waals surface area contributed by atoms with E-state index in [-0.39, 0.29) is 0 Å². The second kappa shape index (κ2) is 5.79. The molecule has 1 aliphatic rings. The summed E-state index contributed by atoms with van der Waals surface area (Å²) in [6.07, 6.45) is 8.84. The molecule has 1 aromatic carbocycles. The lowest BCUT2D eigenvalue weighted by Crippen LogP contribution is -2.15. The normalized spacial score (nSPS) is 15.2. The summed E-state index contributed by atoms with van der Waals surface area (Å²) < 4.78 is 2.39. The van der Waals surface area contributed by atoms with Crippen LogP contribution in [0.4, 0.5) is 0 Å². The van der Waals surface area contributed by atoms with Crippen molar-refractivity contribution in [2.45, 2.75) is 58.2 Å². The van der Waals surface area contributed by atoms with Crippen LogP contribution in [-0.4, -0.2) is 10.6 Å². The molecule has 0 spiro atoms. The van der Waals surface area contributed by atoms with Gasteiger partial charge in [-0.1, -0.05) is 25.8 Å². The van der Waals surface area contributed by atoms with Crippen LogP contribution >= 0.6 is 0 Å². The lowest BCUT2D eigenvalue weighted by molar-refractivity contribution is 0.616. The lowest BCUT2D eigenvalue weighted by atomic mass is 10.1. The molecule has 1 heterocycles. The third-order valence-electron chi connectivity index (χ3n) is 4.01. The molecule has 0 aliphatic heterocycles. The van der Waals surface area contributed by atoms with Crippen LogP contribution in [0.15, 0.2) is 30.5 Å². The molecule has 2 aromatic rings. The van der Waals surface area contributed by atoms with Gasteiger partial charge in [-0.2, -0.15) is 0 Å². The van der Waals surface area contributed by atoms with Gasteiger partial charge in [0.25, 0.3) is 0 Å². The van der Waals surface area contributed by atoms with Crippen LogP contribution in [0, 0.1) is 0 Å². The first-order valence-electron chi connectivity index (χ1n) is 7.68. The summed E-state index contributed by atoms with van der Waals surface area (Å²) in [5.74, 6) is 0. The Kier molecular flexibility index (Phi) is 3.88. The van der Waals surface area contributed by atoms with Gasteiger partial charge >= 0.3 is 0 Å². The van der Waals surface area contributed by atoms with Gasteiger partial charge in [0, 0.05) is 30.8 Å². The summed E-state index contributed by atoms with van der Waals surface area (Å²) in [7, 11) is 0. The van der Waals surface area contributed by atoms with Crippen molar-refractivity contribution in [2.24, 2.45) is 0 Å². The van der Waals surface area contributed by atoms with Crippen molar-refractivity contribution in [3.63, 3.8) is 0 Å². The summed E-state index contributed by atoms with van der Waals surface area (Å²) in [5, 5.41) is 4.96. The van der Waals surface area contributed by atoms with Crippen molar-refractivity contribution >= 4 is 10.9 Å². The van der Waals surface area contributed by atoms with E-state index >= 15 is 0 Å². The largest absolute Gasteiger partial charge is 0.347 e. The van der Waals surface area contributed by atoms with Gasteiger partial charge in [-0.3, -0.25) is 0 Å². The summed E-state index contributed by atoms with van der Waals surface area (Å²) in [4.78, 5) is 0. The van der Waals surface area contributed by atoms with Gasteiger partial charge in [-0.25, -0.2) is 0 Å². The minimum atomic E-state index is 0.786. The highest BCUT2D eigenvalue weighted by atomic mass is 15.0. The number of aryl methyl sites for hydroxylation is 1. The van der Waals surface area contributed by atoms with Crippen LogP contribution in [0.5, 0.6) is 0 Å². The Morgan fingerprint density at radius 1 is 1.21 bits per heavy atom. The van der Waals surface area contributed by atoms with Gasteiger partial charge in [0.05, 0.1) is 0 Å². The Balaban J connectivity index is 1.69. The van der Waals surface area contributed by atoms with E-state index in [4.69, 9.17) is 0 Å². The Morgan fingerprint density at radius 3 is 2.89 bits per heavy atom. The lowest BCUT2D eigenvalue weighted by Gasteiger charge is -2.06. The maximum atomic E-state index is 3.58. The highest BCUT2D eigenvalue weighted by Crippen LogP contribution is 2.21. The predicted octanol–water partition coefficient (Wildman–Crippen LogP) is 4.08. The van der Waals surface area contributed by atoms with Crippen molar-refractivity contribution < 1.29 is 0 Å². The number of nitrogens with zero attached hydrogens (tertiary/aromatic N) is 1. The number of benzene rings is 1. The number of rotatable bonds is 7. The molecule has 3 rings (SSSR count). The van der Waals surface area contributed by atoms with Crippen LogP contribution < -0.4 is 5.32 Å². The summed E-state index contributed by atoms with van der Waals surface area (Å²) in [5.41, 5.74) is 2.79. The van der Waals surface area contributed by atoms with Gasteiger partial charge in [0.15, 0.2) is 0 Å². The number of unbranched alkanes of at least 4 members (excludes halogenated alkanes) is 2. The van der Waals surface area contributed by atoms with E-state index in [0.29, 0.717) is 0 Å². The molecular weight excluding hydrogens is 232 g/mol. The summed E-state index contributed by atoms with van der Waals surface area (Å²) in [6.45, 7) is 4.42. The van der Waals surface area contributed by atoms with Gasteiger partial charge in [-0.05, 0) is 48.4 Å². The van der Waals surface area contributed by atoms with Crippen molar-refractivity contribution in [1.29, 1.82) is 0 Å². The topological polar surface area (TPSA) is 17.0 Å². The van der Waals surface area contributed by atoms with Crippen LogP contribution in [0.1, 0.15) is 44.6 Å². The van der Waals surface area contributed by atoms with Crippen LogP contribution in [0.25, 0.3) is 10.9 Å². The minimum absolute atomic E-state index is 0.786. The van der Waals surface area contributed by atoms with E-state index < -0.39 is 0 Å². The monoisotopic (exact) mass is 256 g/mol. The van der Waals surface area contributed by atoms with Gasteiger partial charge in [0.2, 0.25) is 0 Å². The van der Waals surface area contributed by atoms with Crippen LogP contribution in [-0.2, 0) is 13.1 Å². The van der Waals surface area contributed by atoms with Crippen molar-refractivity contribution in [2.75, 3.05) is 0 Å². The van der Waals surface area contributed by atoms with Crippen molar-refractivity contribution in [1.82, 2.24) is 9.88 Å². The zero-order valence-electron chi connectivity index (χ0n) is 11.9. The number of hydrogen-bond acceptors (Lipinski definition) is 1. The molecule has 1 aliphatic carbocycles. The van der Waals surface area contributed by atoms with Crippen LogP contribution in [0.3, 0.4) is 0 Å². The highest BCUT2D eigenvalue weighted by molar-refractivity contribution is 5.80. The first-order valence-corrected chi connectivity index (χ1v) is 7.68. The fourth-order valence-electron chi connectivity index (χ4n) is 2.64. The van der Waals surface area contributed by atoms with E-state index in [1.165, 1.54) is 48.6 Å². The SMILES string of the molecule is CCCCCn1ccc2cc(CNC3CC3)ccc21. The summed E-state index contributed by atoms with van der Waals surface area (Å²) >= 11 is 0. The fourth-order valence-corrected chi connectivity index (χ4v) is 2.64. The number of hydrogen-bond donors (Lipinski definition) is 1. The molecule has 2 nitrogen and oxygen atoms in total. The number of fused-ring (bicyclic) bond motifs is 1. The van der Waals surface area contributed by atoms with Gasteiger partial charge < -0.3 is 9.88 Å². The van der Waals surface area contributed by atoms with E-state index in [1.54, 1.807) is 0 Å². The second-order valence-corrected chi connectivity index (χ2v) is 5.76. The first kappa shape index (κ1) is 12.7. The highest BCUT2D eigenvalue weighted by Gasteiger charge is 2.19. The molecular formula is C17H24N2. The fraction of sp³-hybridized carbons (Fsp3) is 0.529. The van der Waals surface area contributed by atoms with Crippen LogP contribution in [0.2, 0.25) is 0 Å². The van der Waals surface area contributed by atoms with Gasteiger partial charge in [-0.15, -0.1) is 0 Å². The third kappa shape index (κ3) is 3.19. The zero-order chi connectivity index (χ0) is 13.1. The molecule has 0 bridgehead atoms. The summed E-state index contributed by atoms with van der Waals surface area (Å²) in [6, 6.07) is 9.93. The molecule has 2 heteroatoms. The molecule has 0 saturated heterocycles.